The summed E-state index contributed by atoms with van der Waals surface area (Å²) in [7, 11) is 3.46. The third-order valence-corrected chi connectivity index (χ3v) is 5.94. The molecule has 0 aliphatic carbocycles. The van der Waals surface area contributed by atoms with Crippen LogP contribution in [0.15, 0.2) is 71.6 Å². The largest absolute Gasteiger partial charge is 0.619 e. The lowest BCUT2D eigenvalue weighted by molar-refractivity contribution is -0.384. The summed E-state index contributed by atoms with van der Waals surface area (Å²) in [6, 6.07) is 15.8. The van der Waals surface area contributed by atoms with E-state index in [-0.39, 0.29) is 29.4 Å². The van der Waals surface area contributed by atoms with Gasteiger partial charge in [-0.1, -0.05) is 6.92 Å². The molecule has 1 atom stereocenters. The number of rotatable bonds is 8. The van der Waals surface area contributed by atoms with Gasteiger partial charge in [-0.2, -0.15) is 15.4 Å². The van der Waals surface area contributed by atoms with Crippen LogP contribution in [0.2, 0.25) is 0 Å². The van der Waals surface area contributed by atoms with Gasteiger partial charge in [0.15, 0.2) is 6.67 Å². The molecular formula is C26H26N8O4. The molecule has 4 rings (SSSR count). The summed E-state index contributed by atoms with van der Waals surface area (Å²) < 4.78 is 0.290. The Morgan fingerprint density at radius 3 is 2.61 bits per heavy atom. The Morgan fingerprint density at radius 2 is 1.97 bits per heavy atom. The van der Waals surface area contributed by atoms with E-state index in [2.05, 4.69) is 16.2 Å². The van der Waals surface area contributed by atoms with Gasteiger partial charge in [0.25, 0.3) is 17.4 Å². The fourth-order valence-corrected chi connectivity index (χ4v) is 4.21. The van der Waals surface area contributed by atoms with Crippen molar-refractivity contribution in [3.63, 3.8) is 0 Å². The lowest BCUT2D eigenvalue weighted by Crippen LogP contribution is -2.56. The number of aliphatic imine (C=N–C) groups is 1. The zero-order valence-electron chi connectivity index (χ0n) is 21.2. The number of carbonyl (C=O) groups is 1. The molecule has 1 amide bonds. The number of hydrogen-bond donors (Lipinski definition) is 0. The van der Waals surface area contributed by atoms with E-state index in [1.165, 1.54) is 46.4 Å². The molecule has 3 aromatic rings. The second-order valence-corrected chi connectivity index (χ2v) is 8.92. The molecule has 12 heteroatoms. The van der Waals surface area contributed by atoms with E-state index in [0.717, 1.165) is 0 Å². The standard InChI is InChI=1S/C26H26N8O4/c1-4-14-31-18-34(38,22-7-5-6-21(15-22)33(36)37)25(28-17-30(2)3)24(26(31)35)23-12-13-29-32(23)20-10-8-19(16-27)9-11-20/h5-13,15,17H,4,14,18H2,1-3H3. The number of hydrogen-bond acceptors (Lipinski definition) is 7. The van der Waals surface area contributed by atoms with E-state index in [1.54, 1.807) is 49.3 Å². The molecule has 0 N–H and O–H groups in total. The van der Waals surface area contributed by atoms with E-state index < -0.39 is 15.5 Å². The van der Waals surface area contributed by atoms with Gasteiger partial charge in [-0.25, -0.2) is 4.68 Å². The third-order valence-electron chi connectivity index (χ3n) is 5.94. The fourth-order valence-electron chi connectivity index (χ4n) is 4.21. The summed E-state index contributed by atoms with van der Waals surface area (Å²) in [5, 5.41) is 39.8. The Morgan fingerprint density at radius 1 is 1.24 bits per heavy atom. The molecule has 0 saturated carbocycles. The van der Waals surface area contributed by atoms with E-state index >= 15 is 0 Å². The number of quaternary nitrogens is 1. The minimum Gasteiger partial charge on any atom is -0.619 e. The van der Waals surface area contributed by atoms with Crippen molar-refractivity contribution in [1.82, 2.24) is 24.2 Å². The highest BCUT2D eigenvalue weighted by Gasteiger charge is 2.44. The average molecular weight is 515 g/mol. The molecule has 1 aliphatic rings. The first-order valence-corrected chi connectivity index (χ1v) is 11.8. The van der Waals surface area contributed by atoms with Crippen LogP contribution in [-0.4, -0.2) is 64.1 Å². The van der Waals surface area contributed by atoms with Crippen molar-refractivity contribution in [1.29, 1.82) is 5.26 Å². The van der Waals surface area contributed by atoms with E-state index in [0.29, 0.717) is 29.9 Å². The van der Waals surface area contributed by atoms with Crippen LogP contribution in [-0.2, 0) is 4.79 Å². The second kappa shape index (κ2) is 10.6. The van der Waals surface area contributed by atoms with Gasteiger partial charge in [0.1, 0.15) is 11.3 Å². The molecular weight excluding hydrogens is 488 g/mol. The molecule has 12 nitrogen and oxygen atoms in total. The summed E-state index contributed by atoms with van der Waals surface area (Å²) in [5.41, 5.74) is 1.23. The Balaban J connectivity index is 2.02. The molecule has 2 aromatic carbocycles. The number of nitrogens with zero attached hydrogens (tertiary/aromatic N) is 8. The van der Waals surface area contributed by atoms with Crippen LogP contribution in [0.1, 0.15) is 24.6 Å². The molecule has 1 aliphatic heterocycles. The van der Waals surface area contributed by atoms with Crippen molar-refractivity contribution in [3.8, 4) is 11.8 Å². The second-order valence-electron chi connectivity index (χ2n) is 8.92. The summed E-state index contributed by atoms with van der Waals surface area (Å²) in [5.74, 6) is -0.518. The fraction of sp³-hybridized carbons (Fsp3) is 0.231. The number of amides is 1. The van der Waals surface area contributed by atoms with E-state index in [9.17, 15) is 20.1 Å². The maximum absolute atomic E-state index is 14.8. The van der Waals surface area contributed by atoms with Crippen LogP contribution in [0.25, 0.3) is 11.3 Å². The molecule has 0 radical (unpaired) electrons. The number of nitro benzene ring substituents is 1. The maximum Gasteiger partial charge on any atom is 0.275 e. The van der Waals surface area contributed by atoms with Crippen LogP contribution in [0.4, 0.5) is 11.4 Å². The number of nitriles is 1. The van der Waals surface area contributed by atoms with E-state index in [4.69, 9.17) is 5.26 Å². The third kappa shape index (κ3) is 4.88. The minimum absolute atomic E-state index is 0.0335. The van der Waals surface area contributed by atoms with Crippen LogP contribution in [0.5, 0.6) is 0 Å². The van der Waals surface area contributed by atoms with Crippen molar-refractivity contribution >= 4 is 29.2 Å². The summed E-state index contributed by atoms with van der Waals surface area (Å²) in [6.07, 6.45) is 3.52. The van der Waals surface area contributed by atoms with E-state index in [1.807, 2.05) is 6.92 Å². The van der Waals surface area contributed by atoms with Crippen molar-refractivity contribution in [2.24, 2.45) is 4.99 Å². The first kappa shape index (κ1) is 26.2. The Hall–Kier alpha value is -4.86. The van der Waals surface area contributed by atoms with Gasteiger partial charge in [0.2, 0.25) is 0 Å². The molecule has 0 spiro atoms. The molecule has 194 valence electrons. The van der Waals surface area contributed by atoms with Crippen molar-refractivity contribution in [2.75, 3.05) is 27.3 Å². The van der Waals surface area contributed by atoms with Crippen LogP contribution >= 0.6 is 0 Å². The van der Waals surface area contributed by atoms with Crippen LogP contribution in [0, 0.1) is 26.7 Å². The SMILES string of the molecule is CCCN1C[N+]([O-])(c2cccc([N+](=O)[O-])c2)C(N=CN(C)C)=C(c2ccnn2-c2ccc(C#N)cc2)C1=O. The van der Waals surface area contributed by atoms with Crippen molar-refractivity contribution < 1.29 is 9.72 Å². The molecule has 0 saturated heterocycles. The highest BCUT2D eigenvalue weighted by molar-refractivity contribution is 6.21. The van der Waals surface area contributed by atoms with Gasteiger partial charge in [0, 0.05) is 32.8 Å². The average Bonchev–Trinajstić information content (AvgIpc) is 3.39. The first-order valence-electron chi connectivity index (χ1n) is 11.8. The van der Waals surface area contributed by atoms with Gasteiger partial charge in [-0.05, 0) is 42.8 Å². The molecule has 2 heterocycles. The minimum atomic E-state index is -1.22. The summed E-state index contributed by atoms with van der Waals surface area (Å²) >= 11 is 0. The quantitative estimate of drug-likeness (QED) is 0.111. The Bertz CT molecular complexity index is 1470. The highest BCUT2D eigenvalue weighted by Crippen LogP contribution is 2.40. The normalized spacial score (nSPS) is 17.7. The van der Waals surface area contributed by atoms with Crippen molar-refractivity contribution in [3.05, 3.63) is 93.2 Å². The zero-order chi connectivity index (χ0) is 27.4. The van der Waals surface area contributed by atoms with Crippen LogP contribution < -0.4 is 4.65 Å². The predicted octanol–water partition coefficient (Wildman–Crippen LogP) is 3.63. The molecule has 38 heavy (non-hydrogen) atoms. The molecule has 0 bridgehead atoms. The van der Waals surface area contributed by atoms with Crippen molar-refractivity contribution in [2.45, 2.75) is 13.3 Å². The lowest BCUT2D eigenvalue weighted by atomic mass is 10.1. The van der Waals surface area contributed by atoms with Gasteiger partial charge >= 0.3 is 0 Å². The van der Waals surface area contributed by atoms with Gasteiger partial charge in [-0.15, -0.1) is 0 Å². The highest BCUT2D eigenvalue weighted by atomic mass is 16.6. The topological polar surface area (TPSA) is 144 Å². The molecule has 1 unspecified atom stereocenters. The number of carbonyl (C=O) groups excluding carboxylic acids is 1. The number of non-ortho nitro benzene ring substituents is 1. The van der Waals surface area contributed by atoms with Gasteiger partial charge < -0.3 is 10.1 Å². The van der Waals surface area contributed by atoms with Gasteiger partial charge in [-0.3, -0.25) is 24.5 Å². The summed E-state index contributed by atoms with van der Waals surface area (Å²) in [4.78, 5) is 32.4. The molecule has 1 aromatic heterocycles. The first-order chi connectivity index (χ1) is 18.2. The smallest absolute Gasteiger partial charge is 0.275 e. The van der Waals surface area contributed by atoms with Crippen LogP contribution in [0.3, 0.4) is 0 Å². The number of aromatic nitrogens is 2. The monoisotopic (exact) mass is 514 g/mol. The predicted molar refractivity (Wildman–Crippen MR) is 143 cm³/mol. The number of hydroxylamine groups is 2. The Kier molecular flexibility index (Phi) is 7.33. The zero-order valence-corrected chi connectivity index (χ0v) is 21.2. The number of nitro groups is 1. The van der Waals surface area contributed by atoms with Gasteiger partial charge in [0.05, 0.1) is 46.5 Å². The lowest BCUT2D eigenvalue weighted by Gasteiger charge is -2.47. The Labute approximate surface area is 219 Å². The molecule has 0 fully saturated rings. The summed E-state index contributed by atoms with van der Waals surface area (Å²) in [6.45, 7) is 1.89. The number of benzene rings is 2. The maximum atomic E-state index is 14.8.